The molecule has 1 aromatic heterocycles. The summed E-state index contributed by atoms with van der Waals surface area (Å²) in [6.07, 6.45) is 2.76. The summed E-state index contributed by atoms with van der Waals surface area (Å²) < 4.78 is 10.9. The maximum absolute atomic E-state index is 12.2. The van der Waals surface area contributed by atoms with Gasteiger partial charge in [0.05, 0.1) is 19.3 Å². The van der Waals surface area contributed by atoms with E-state index >= 15 is 0 Å². The Morgan fingerprint density at radius 3 is 3.14 bits per heavy atom. The summed E-state index contributed by atoms with van der Waals surface area (Å²) in [5, 5.41) is 2.87. The zero-order chi connectivity index (χ0) is 15.4. The molecule has 1 aliphatic heterocycles. The molecule has 2 aromatic rings. The minimum absolute atomic E-state index is 0.112. The monoisotopic (exact) mass is 298 g/mol. The minimum Gasteiger partial charge on any atom is -0.497 e. The number of nitrogens with one attached hydrogen (secondary N) is 1. The second-order valence-corrected chi connectivity index (χ2v) is 5.16. The highest BCUT2D eigenvalue weighted by Crippen LogP contribution is 2.27. The van der Waals surface area contributed by atoms with Crippen LogP contribution in [0.1, 0.15) is 17.7 Å². The van der Waals surface area contributed by atoms with Crippen LogP contribution in [0.3, 0.4) is 0 Å². The van der Waals surface area contributed by atoms with Crippen molar-refractivity contribution in [2.75, 3.05) is 7.11 Å². The number of carbonyl (C=O) groups excluding carboxylic acids is 1. The Hall–Kier alpha value is -2.56. The first kappa shape index (κ1) is 14.4. The Morgan fingerprint density at radius 2 is 2.27 bits per heavy atom. The molecule has 1 aliphatic rings. The third-order valence-corrected chi connectivity index (χ3v) is 3.68. The lowest BCUT2D eigenvalue weighted by Gasteiger charge is -2.25. The number of fused-ring (bicyclic) bond motifs is 1. The number of methoxy groups -OCH3 is 1. The average Bonchev–Trinajstić information content (AvgIpc) is 2.59. The fourth-order valence-electron chi connectivity index (χ4n) is 2.48. The van der Waals surface area contributed by atoms with Crippen LogP contribution in [0.2, 0.25) is 0 Å². The summed E-state index contributed by atoms with van der Waals surface area (Å²) in [7, 11) is 1.60. The summed E-state index contributed by atoms with van der Waals surface area (Å²) >= 11 is 0. The molecule has 0 saturated heterocycles. The fourth-order valence-corrected chi connectivity index (χ4v) is 2.48. The number of pyridine rings is 1. The first-order valence-electron chi connectivity index (χ1n) is 7.27. The van der Waals surface area contributed by atoms with Crippen LogP contribution in [0.25, 0.3) is 0 Å². The third-order valence-electron chi connectivity index (χ3n) is 3.68. The van der Waals surface area contributed by atoms with Crippen LogP contribution in [0.5, 0.6) is 11.5 Å². The van der Waals surface area contributed by atoms with Crippen LogP contribution in [0, 0.1) is 0 Å². The summed E-state index contributed by atoms with van der Waals surface area (Å²) in [6, 6.07) is 11.4. The Morgan fingerprint density at radius 1 is 1.41 bits per heavy atom. The number of amides is 1. The lowest BCUT2D eigenvalue weighted by molar-refractivity contribution is -0.128. The van der Waals surface area contributed by atoms with E-state index < -0.39 is 6.10 Å². The maximum Gasteiger partial charge on any atom is 0.261 e. The Labute approximate surface area is 129 Å². The first-order chi connectivity index (χ1) is 10.8. The molecule has 1 amide bonds. The van der Waals surface area contributed by atoms with Gasteiger partial charge < -0.3 is 14.8 Å². The number of aryl methyl sites for hydroxylation is 1. The molecule has 2 heterocycles. The lowest BCUT2D eigenvalue weighted by Crippen LogP contribution is -2.40. The van der Waals surface area contributed by atoms with Gasteiger partial charge in [-0.05, 0) is 30.5 Å². The van der Waals surface area contributed by atoms with Gasteiger partial charge in [0.1, 0.15) is 11.5 Å². The molecular weight excluding hydrogens is 280 g/mol. The highest BCUT2D eigenvalue weighted by atomic mass is 16.5. The van der Waals surface area contributed by atoms with Gasteiger partial charge in [-0.3, -0.25) is 9.78 Å². The molecule has 1 N–H and O–H groups in total. The molecule has 5 nitrogen and oxygen atoms in total. The number of benzene rings is 1. The van der Waals surface area contributed by atoms with Crippen LogP contribution < -0.4 is 14.8 Å². The smallest absolute Gasteiger partial charge is 0.261 e. The van der Waals surface area contributed by atoms with Gasteiger partial charge in [0.15, 0.2) is 6.10 Å². The van der Waals surface area contributed by atoms with E-state index in [1.807, 2.05) is 24.3 Å². The molecule has 0 fully saturated rings. The molecule has 1 atom stereocenters. The van der Waals surface area contributed by atoms with Crippen molar-refractivity contribution in [3.63, 3.8) is 0 Å². The van der Waals surface area contributed by atoms with Crippen molar-refractivity contribution >= 4 is 5.91 Å². The third kappa shape index (κ3) is 3.19. The van der Waals surface area contributed by atoms with Gasteiger partial charge in [-0.1, -0.05) is 18.2 Å². The van der Waals surface area contributed by atoms with Gasteiger partial charge in [0.2, 0.25) is 0 Å². The van der Waals surface area contributed by atoms with E-state index in [1.165, 1.54) is 0 Å². The molecule has 0 saturated carbocycles. The number of ether oxygens (including phenoxy) is 2. The molecule has 0 aliphatic carbocycles. The molecular formula is C17H18N2O3. The van der Waals surface area contributed by atoms with E-state index in [2.05, 4.69) is 10.3 Å². The molecule has 114 valence electrons. The Bertz CT molecular complexity index is 672. The van der Waals surface area contributed by atoms with E-state index in [1.54, 1.807) is 25.4 Å². The van der Waals surface area contributed by atoms with E-state index in [-0.39, 0.29) is 5.91 Å². The summed E-state index contributed by atoms with van der Waals surface area (Å²) in [6.45, 7) is 0.359. The van der Waals surface area contributed by atoms with Gasteiger partial charge in [-0.15, -0.1) is 0 Å². The Balaban J connectivity index is 1.59. The van der Waals surface area contributed by atoms with Gasteiger partial charge >= 0.3 is 0 Å². The summed E-state index contributed by atoms with van der Waals surface area (Å²) in [4.78, 5) is 16.4. The average molecular weight is 298 g/mol. The number of nitrogens with zero attached hydrogens (tertiary/aromatic N) is 1. The van der Waals surface area contributed by atoms with Gasteiger partial charge in [0.25, 0.3) is 5.91 Å². The molecule has 3 rings (SSSR count). The lowest BCUT2D eigenvalue weighted by atomic mass is 10.0. The van der Waals surface area contributed by atoms with E-state index in [4.69, 9.17) is 9.47 Å². The number of carbonyl (C=O) groups is 1. The highest BCUT2D eigenvalue weighted by Gasteiger charge is 2.25. The zero-order valence-electron chi connectivity index (χ0n) is 12.4. The number of hydrogen-bond donors (Lipinski definition) is 1. The standard InChI is InChI=1S/C17H18N2O3/c1-21-14-8-9-18-13(10-14)11-19-17(20)16-7-6-12-4-2-3-5-15(12)22-16/h2-5,8-10,16H,6-7,11H2,1H3,(H,19,20)/t16-/m0/s1. The fraction of sp³-hybridized carbons (Fsp3) is 0.294. The predicted molar refractivity (Wildman–Crippen MR) is 81.8 cm³/mol. The normalized spacial score (nSPS) is 16.3. The zero-order valence-corrected chi connectivity index (χ0v) is 12.4. The molecule has 5 heteroatoms. The molecule has 0 unspecified atom stereocenters. The topological polar surface area (TPSA) is 60.5 Å². The SMILES string of the molecule is COc1ccnc(CNC(=O)[C@@H]2CCc3ccccc3O2)c1. The number of aromatic nitrogens is 1. The molecule has 1 aromatic carbocycles. The summed E-state index contributed by atoms with van der Waals surface area (Å²) in [5.74, 6) is 1.41. The first-order valence-corrected chi connectivity index (χ1v) is 7.27. The molecule has 22 heavy (non-hydrogen) atoms. The van der Waals surface area contributed by atoms with E-state index in [0.717, 1.165) is 29.2 Å². The van der Waals surface area contributed by atoms with Crippen molar-refractivity contribution in [2.45, 2.75) is 25.5 Å². The highest BCUT2D eigenvalue weighted by molar-refractivity contribution is 5.81. The van der Waals surface area contributed by atoms with Crippen molar-refractivity contribution in [1.82, 2.24) is 10.3 Å². The van der Waals surface area contributed by atoms with E-state index in [9.17, 15) is 4.79 Å². The molecule has 0 bridgehead atoms. The maximum atomic E-state index is 12.2. The van der Waals surface area contributed by atoms with Gasteiger partial charge in [-0.25, -0.2) is 0 Å². The second kappa shape index (κ2) is 6.47. The molecule has 0 spiro atoms. The van der Waals surface area contributed by atoms with Crippen LogP contribution >= 0.6 is 0 Å². The number of hydrogen-bond acceptors (Lipinski definition) is 4. The van der Waals surface area contributed by atoms with Crippen LogP contribution in [0.4, 0.5) is 0 Å². The Kier molecular flexibility index (Phi) is 4.23. The van der Waals surface area contributed by atoms with Crippen LogP contribution in [0.15, 0.2) is 42.6 Å². The molecule has 0 radical (unpaired) electrons. The predicted octanol–water partition coefficient (Wildman–Crippen LogP) is 2.10. The summed E-state index contributed by atoms with van der Waals surface area (Å²) in [5.41, 5.74) is 1.91. The quantitative estimate of drug-likeness (QED) is 0.939. The van der Waals surface area contributed by atoms with Crippen LogP contribution in [-0.2, 0) is 17.8 Å². The second-order valence-electron chi connectivity index (χ2n) is 5.16. The minimum atomic E-state index is -0.444. The van der Waals surface area contributed by atoms with Crippen molar-refractivity contribution in [3.05, 3.63) is 53.9 Å². The number of para-hydroxylation sites is 1. The van der Waals surface area contributed by atoms with Crippen LogP contribution in [-0.4, -0.2) is 24.1 Å². The van der Waals surface area contributed by atoms with Crippen molar-refractivity contribution in [3.8, 4) is 11.5 Å². The van der Waals surface area contributed by atoms with Crippen molar-refractivity contribution in [2.24, 2.45) is 0 Å². The van der Waals surface area contributed by atoms with Crippen molar-refractivity contribution < 1.29 is 14.3 Å². The van der Waals surface area contributed by atoms with E-state index in [0.29, 0.717) is 13.0 Å². The number of rotatable bonds is 4. The van der Waals surface area contributed by atoms with Crippen molar-refractivity contribution in [1.29, 1.82) is 0 Å². The van der Waals surface area contributed by atoms with Gasteiger partial charge in [-0.2, -0.15) is 0 Å². The largest absolute Gasteiger partial charge is 0.497 e. The van der Waals surface area contributed by atoms with Gasteiger partial charge in [0, 0.05) is 12.3 Å².